The van der Waals surface area contributed by atoms with Crippen LogP contribution in [0.5, 0.6) is 0 Å². The van der Waals surface area contributed by atoms with Gasteiger partial charge in [0.25, 0.3) is 0 Å². The molecule has 0 spiro atoms. The maximum absolute atomic E-state index is 10.8. The van der Waals surface area contributed by atoms with Gasteiger partial charge in [0, 0.05) is 18.5 Å². The molecule has 0 fully saturated rings. The van der Waals surface area contributed by atoms with Gasteiger partial charge >= 0.3 is 6.09 Å². The first-order valence-electron chi connectivity index (χ1n) is 4.26. The summed E-state index contributed by atoms with van der Waals surface area (Å²) in [5.74, 6) is 0.0282. The lowest BCUT2D eigenvalue weighted by molar-refractivity contribution is 0.102. The van der Waals surface area contributed by atoms with Crippen LogP contribution in [0.25, 0.3) is 0 Å². The van der Waals surface area contributed by atoms with Crippen LogP contribution in [-0.4, -0.2) is 39.2 Å². The molecule has 6 heteroatoms. The zero-order valence-corrected chi connectivity index (χ0v) is 8.69. The molecule has 6 nitrogen and oxygen atoms in total. The van der Waals surface area contributed by atoms with Gasteiger partial charge in [-0.3, -0.25) is 0 Å². The Morgan fingerprint density at radius 3 is 2.29 bits per heavy atom. The minimum absolute atomic E-state index is 0.0282. The fraction of sp³-hybridized carbons (Fsp3) is 0.750. The number of hydrogen-bond acceptors (Lipinski definition) is 3. The highest BCUT2D eigenvalue weighted by Gasteiger charge is 2.25. The number of nitrogens with two attached hydrogens (primary N) is 1. The van der Waals surface area contributed by atoms with Crippen LogP contribution in [-0.2, 0) is 0 Å². The van der Waals surface area contributed by atoms with Crippen LogP contribution in [0.15, 0.2) is 5.16 Å². The summed E-state index contributed by atoms with van der Waals surface area (Å²) in [4.78, 5) is 12.1. The number of hydrogen-bond donors (Lipinski definition) is 3. The monoisotopic (exact) mass is 203 g/mol. The Kier molecular flexibility index (Phi) is 4.20. The Hall–Kier alpha value is -1.46. The fourth-order valence-electron chi connectivity index (χ4n) is 0.994. The lowest BCUT2D eigenvalue weighted by Gasteiger charge is -2.32. The molecule has 0 heterocycles. The van der Waals surface area contributed by atoms with Crippen molar-refractivity contribution >= 4 is 11.9 Å². The van der Waals surface area contributed by atoms with Crippen molar-refractivity contribution in [2.24, 2.45) is 10.9 Å². The molecule has 0 aliphatic carbocycles. The van der Waals surface area contributed by atoms with E-state index in [0.717, 1.165) is 0 Å². The van der Waals surface area contributed by atoms with Crippen LogP contribution in [0.2, 0.25) is 0 Å². The molecule has 0 radical (unpaired) electrons. The average molecular weight is 203 g/mol. The predicted molar refractivity (Wildman–Crippen MR) is 52.5 cm³/mol. The third-order valence-corrected chi connectivity index (χ3v) is 1.76. The summed E-state index contributed by atoms with van der Waals surface area (Å²) in [5, 5.41) is 19.9. The number of amidine groups is 1. The van der Waals surface area contributed by atoms with Crippen LogP contribution in [0.1, 0.15) is 27.2 Å². The van der Waals surface area contributed by atoms with E-state index in [2.05, 4.69) is 5.16 Å². The predicted octanol–water partition coefficient (Wildman–Crippen LogP) is 0.901. The van der Waals surface area contributed by atoms with Crippen molar-refractivity contribution in [2.75, 3.05) is 6.54 Å². The lowest BCUT2D eigenvalue weighted by atomic mass is 10.1. The molecule has 0 atom stereocenters. The number of amides is 1. The summed E-state index contributed by atoms with van der Waals surface area (Å²) in [5.41, 5.74) is 4.76. The number of oxime groups is 1. The first-order chi connectivity index (χ1) is 6.29. The van der Waals surface area contributed by atoms with Crippen LogP contribution >= 0.6 is 0 Å². The second kappa shape index (κ2) is 4.69. The Morgan fingerprint density at radius 2 is 2.00 bits per heavy atom. The van der Waals surface area contributed by atoms with Gasteiger partial charge in [-0.15, -0.1) is 0 Å². The molecule has 4 N–H and O–H groups in total. The first kappa shape index (κ1) is 12.5. The fourth-order valence-corrected chi connectivity index (χ4v) is 0.994. The summed E-state index contributed by atoms with van der Waals surface area (Å²) in [7, 11) is 0. The van der Waals surface area contributed by atoms with Crippen LogP contribution in [0.4, 0.5) is 4.79 Å². The topological polar surface area (TPSA) is 99.1 Å². The quantitative estimate of drug-likeness (QED) is 0.274. The van der Waals surface area contributed by atoms with E-state index in [9.17, 15) is 4.79 Å². The van der Waals surface area contributed by atoms with Gasteiger partial charge in [-0.2, -0.15) is 0 Å². The van der Waals surface area contributed by atoms with Crippen molar-refractivity contribution in [3.63, 3.8) is 0 Å². The van der Waals surface area contributed by atoms with Crippen molar-refractivity contribution in [2.45, 2.75) is 32.7 Å². The SMILES string of the molecule is CC(C)(C)N(CCC(N)=NO)C(=O)O. The van der Waals surface area contributed by atoms with Crippen LogP contribution in [0, 0.1) is 0 Å². The van der Waals surface area contributed by atoms with Gasteiger partial charge in [0.05, 0.1) is 0 Å². The van der Waals surface area contributed by atoms with Gasteiger partial charge in [0.2, 0.25) is 0 Å². The summed E-state index contributed by atoms with van der Waals surface area (Å²) in [6.45, 7) is 5.57. The van der Waals surface area contributed by atoms with E-state index >= 15 is 0 Å². The molecule has 0 saturated heterocycles. The van der Waals surface area contributed by atoms with Crippen molar-refractivity contribution < 1.29 is 15.1 Å². The Balaban J connectivity index is 4.34. The lowest BCUT2D eigenvalue weighted by Crippen LogP contribution is -2.46. The van der Waals surface area contributed by atoms with Gasteiger partial charge < -0.3 is 20.9 Å². The van der Waals surface area contributed by atoms with Gasteiger partial charge in [-0.05, 0) is 20.8 Å². The first-order valence-corrected chi connectivity index (χ1v) is 4.26. The number of nitrogens with zero attached hydrogens (tertiary/aromatic N) is 2. The van der Waals surface area contributed by atoms with E-state index in [4.69, 9.17) is 16.0 Å². The van der Waals surface area contributed by atoms with E-state index < -0.39 is 11.6 Å². The molecule has 82 valence electrons. The number of carbonyl (C=O) groups is 1. The molecule has 0 saturated carbocycles. The van der Waals surface area contributed by atoms with Crippen LogP contribution < -0.4 is 5.73 Å². The zero-order chi connectivity index (χ0) is 11.4. The molecule has 0 aliphatic heterocycles. The smallest absolute Gasteiger partial charge is 0.407 e. The minimum Gasteiger partial charge on any atom is -0.465 e. The average Bonchev–Trinajstić information content (AvgIpc) is 2.01. The highest BCUT2D eigenvalue weighted by Crippen LogP contribution is 2.13. The normalized spacial score (nSPS) is 12.6. The van der Waals surface area contributed by atoms with E-state index in [1.165, 1.54) is 4.90 Å². The van der Waals surface area contributed by atoms with E-state index in [0.29, 0.717) is 0 Å². The van der Waals surface area contributed by atoms with Gasteiger partial charge in [-0.25, -0.2) is 4.79 Å². The van der Waals surface area contributed by atoms with Crippen LogP contribution in [0.3, 0.4) is 0 Å². The van der Waals surface area contributed by atoms with Gasteiger partial charge in [0.1, 0.15) is 5.84 Å². The van der Waals surface area contributed by atoms with E-state index in [-0.39, 0.29) is 18.8 Å². The maximum atomic E-state index is 10.8. The molecule has 0 rings (SSSR count). The highest BCUT2D eigenvalue weighted by atomic mass is 16.4. The van der Waals surface area contributed by atoms with Gasteiger partial charge in [0.15, 0.2) is 0 Å². The highest BCUT2D eigenvalue weighted by molar-refractivity contribution is 5.80. The molecule has 0 aromatic heterocycles. The molecule has 14 heavy (non-hydrogen) atoms. The third-order valence-electron chi connectivity index (χ3n) is 1.76. The molecule has 0 aromatic rings. The maximum Gasteiger partial charge on any atom is 0.407 e. The largest absolute Gasteiger partial charge is 0.465 e. The van der Waals surface area contributed by atoms with E-state index in [1.54, 1.807) is 20.8 Å². The standard InChI is InChI=1S/C8H17N3O3/c1-8(2,3)11(7(12)13)5-4-6(9)10-14/h14H,4-5H2,1-3H3,(H2,9,10)(H,12,13). The van der Waals surface area contributed by atoms with Crippen molar-refractivity contribution in [1.29, 1.82) is 0 Å². The molecule has 0 unspecified atom stereocenters. The molecule has 0 aliphatic rings. The molecule has 1 amide bonds. The summed E-state index contributed by atoms with van der Waals surface area (Å²) in [6, 6.07) is 0. The Bertz CT molecular complexity index is 232. The molecule has 0 bridgehead atoms. The molecular formula is C8H17N3O3. The second-order valence-corrected chi connectivity index (χ2v) is 3.95. The number of rotatable bonds is 3. The van der Waals surface area contributed by atoms with E-state index in [1.807, 2.05) is 0 Å². The molecular weight excluding hydrogens is 186 g/mol. The Morgan fingerprint density at radius 1 is 1.50 bits per heavy atom. The minimum atomic E-state index is -1.01. The Labute approximate surface area is 83.0 Å². The molecule has 0 aromatic carbocycles. The van der Waals surface area contributed by atoms with Crippen molar-refractivity contribution in [3.8, 4) is 0 Å². The van der Waals surface area contributed by atoms with Gasteiger partial charge in [-0.1, -0.05) is 5.16 Å². The third kappa shape index (κ3) is 3.97. The second-order valence-electron chi connectivity index (χ2n) is 3.95. The summed E-state index contributed by atoms with van der Waals surface area (Å²) in [6.07, 6.45) is -0.789. The van der Waals surface area contributed by atoms with Crippen molar-refractivity contribution in [3.05, 3.63) is 0 Å². The number of carboxylic acid groups (broad SMARTS) is 1. The summed E-state index contributed by atoms with van der Waals surface area (Å²) < 4.78 is 0. The van der Waals surface area contributed by atoms with Crippen molar-refractivity contribution in [1.82, 2.24) is 4.90 Å². The summed E-state index contributed by atoms with van der Waals surface area (Å²) >= 11 is 0. The zero-order valence-electron chi connectivity index (χ0n) is 8.69.